The number of ether oxygens (including phenoxy) is 1. The lowest BCUT2D eigenvalue weighted by Crippen LogP contribution is -2.50. The van der Waals surface area contributed by atoms with E-state index in [1.807, 2.05) is 7.11 Å². The van der Waals surface area contributed by atoms with E-state index in [1.54, 1.807) is 0 Å². The van der Waals surface area contributed by atoms with Crippen LogP contribution in [0.25, 0.3) is 0 Å². The van der Waals surface area contributed by atoms with E-state index in [-0.39, 0.29) is 11.5 Å². The standard InChI is InChI=1S/C20H30O2/c1-19-10-8-14(22-3)12-13(19)4-5-15-16-6-7-18(21)20(16,2)11-9-17(15)19/h4-5,12,14-18,21H,6-11H2,1-3H3/t14?,15-,16-,17-,18-,19-,20-/m0/s1. The van der Waals surface area contributed by atoms with Crippen molar-refractivity contribution in [2.24, 2.45) is 28.6 Å². The first-order valence-corrected chi connectivity index (χ1v) is 9.10. The van der Waals surface area contributed by atoms with Gasteiger partial charge in [0.05, 0.1) is 12.2 Å². The first-order chi connectivity index (χ1) is 10.5. The third-order valence-corrected chi connectivity index (χ3v) is 7.87. The highest BCUT2D eigenvalue weighted by molar-refractivity contribution is 5.36. The van der Waals surface area contributed by atoms with Crippen molar-refractivity contribution in [1.29, 1.82) is 0 Å². The minimum Gasteiger partial charge on any atom is -0.393 e. The molecular formula is C20H30O2. The van der Waals surface area contributed by atoms with Crippen LogP contribution in [0, 0.1) is 28.6 Å². The second kappa shape index (κ2) is 4.95. The molecule has 1 unspecified atom stereocenters. The van der Waals surface area contributed by atoms with E-state index >= 15 is 0 Å². The van der Waals surface area contributed by atoms with Gasteiger partial charge in [0.15, 0.2) is 0 Å². The molecule has 0 saturated heterocycles. The van der Waals surface area contributed by atoms with E-state index in [1.165, 1.54) is 31.3 Å². The van der Waals surface area contributed by atoms with E-state index in [2.05, 4.69) is 32.1 Å². The Kier molecular flexibility index (Phi) is 3.36. The van der Waals surface area contributed by atoms with Gasteiger partial charge in [0.1, 0.15) is 0 Å². The molecule has 7 atom stereocenters. The molecule has 4 aliphatic carbocycles. The van der Waals surface area contributed by atoms with Gasteiger partial charge in [0.2, 0.25) is 0 Å². The normalized spacial score (nSPS) is 53.5. The molecule has 0 bridgehead atoms. The molecule has 0 aliphatic heterocycles. The Balaban J connectivity index is 1.71. The molecule has 2 nitrogen and oxygen atoms in total. The van der Waals surface area contributed by atoms with Gasteiger partial charge in [-0.05, 0) is 72.7 Å². The SMILES string of the molecule is COC1C=C2C=C[C@H]3[C@@H]4CC[C@H](O)[C@@]4(C)CC[C@@H]3[C@@]2(C)CC1. The molecular weight excluding hydrogens is 272 g/mol. The highest BCUT2D eigenvalue weighted by Crippen LogP contribution is 2.63. The molecule has 0 spiro atoms. The van der Waals surface area contributed by atoms with Crippen molar-refractivity contribution in [2.45, 2.75) is 64.6 Å². The summed E-state index contributed by atoms with van der Waals surface area (Å²) in [5, 5.41) is 10.5. The number of aliphatic hydroxyl groups is 1. The van der Waals surface area contributed by atoms with Crippen LogP contribution in [0.1, 0.15) is 52.4 Å². The van der Waals surface area contributed by atoms with Gasteiger partial charge in [-0.15, -0.1) is 0 Å². The fourth-order valence-electron chi connectivity index (χ4n) is 6.29. The Labute approximate surface area is 134 Å². The Morgan fingerprint density at radius 3 is 2.68 bits per heavy atom. The van der Waals surface area contributed by atoms with Crippen molar-refractivity contribution in [2.75, 3.05) is 7.11 Å². The minimum atomic E-state index is -0.0826. The van der Waals surface area contributed by atoms with Crippen LogP contribution in [-0.2, 0) is 4.74 Å². The van der Waals surface area contributed by atoms with E-state index < -0.39 is 0 Å². The summed E-state index contributed by atoms with van der Waals surface area (Å²) in [7, 11) is 1.83. The predicted octanol–water partition coefficient (Wildman–Crippen LogP) is 4.10. The first-order valence-electron chi connectivity index (χ1n) is 9.10. The molecule has 0 amide bonds. The van der Waals surface area contributed by atoms with Crippen molar-refractivity contribution >= 4 is 0 Å². The number of hydrogen-bond acceptors (Lipinski definition) is 2. The minimum absolute atomic E-state index is 0.0826. The second-order valence-corrected chi connectivity index (χ2v) is 8.64. The maximum atomic E-state index is 10.5. The summed E-state index contributed by atoms with van der Waals surface area (Å²) in [4.78, 5) is 0. The summed E-state index contributed by atoms with van der Waals surface area (Å²) in [6.45, 7) is 4.83. The van der Waals surface area contributed by atoms with Crippen molar-refractivity contribution in [3.8, 4) is 0 Å². The average Bonchev–Trinajstić information content (AvgIpc) is 2.82. The molecule has 122 valence electrons. The second-order valence-electron chi connectivity index (χ2n) is 8.64. The first kappa shape index (κ1) is 15.0. The summed E-state index contributed by atoms with van der Waals surface area (Å²) < 4.78 is 5.58. The van der Waals surface area contributed by atoms with Crippen LogP contribution in [0.5, 0.6) is 0 Å². The predicted molar refractivity (Wildman–Crippen MR) is 88.4 cm³/mol. The van der Waals surface area contributed by atoms with Crippen LogP contribution < -0.4 is 0 Å². The number of hydrogen-bond donors (Lipinski definition) is 1. The Morgan fingerprint density at radius 1 is 1.09 bits per heavy atom. The molecule has 1 N–H and O–H groups in total. The van der Waals surface area contributed by atoms with Crippen LogP contribution in [0.2, 0.25) is 0 Å². The molecule has 0 aromatic heterocycles. The molecule has 2 saturated carbocycles. The highest BCUT2D eigenvalue weighted by atomic mass is 16.5. The maximum Gasteiger partial charge on any atom is 0.0758 e. The zero-order valence-corrected chi connectivity index (χ0v) is 14.2. The Morgan fingerprint density at radius 2 is 1.91 bits per heavy atom. The molecule has 2 fully saturated rings. The number of methoxy groups -OCH3 is 1. The molecule has 0 heterocycles. The highest BCUT2D eigenvalue weighted by Gasteiger charge is 2.57. The van der Waals surface area contributed by atoms with Crippen molar-refractivity contribution in [3.05, 3.63) is 23.8 Å². The summed E-state index contributed by atoms with van der Waals surface area (Å²) in [5.41, 5.74) is 1.99. The number of rotatable bonds is 1. The van der Waals surface area contributed by atoms with Gasteiger partial charge >= 0.3 is 0 Å². The molecule has 0 radical (unpaired) electrons. The summed E-state index contributed by atoms with van der Waals surface area (Å²) in [5.74, 6) is 2.10. The zero-order chi connectivity index (χ0) is 15.5. The average molecular weight is 302 g/mol. The topological polar surface area (TPSA) is 29.5 Å². The fourth-order valence-corrected chi connectivity index (χ4v) is 6.29. The van der Waals surface area contributed by atoms with Crippen LogP contribution in [0.15, 0.2) is 23.8 Å². The van der Waals surface area contributed by atoms with Gasteiger partial charge in [0.25, 0.3) is 0 Å². The van der Waals surface area contributed by atoms with E-state index in [4.69, 9.17) is 4.74 Å². The van der Waals surface area contributed by atoms with Crippen molar-refractivity contribution in [1.82, 2.24) is 0 Å². The maximum absolute atomic E-state index is 10.5. The monoisotopic (exact) mass is 302 g/mol. The van der Waals surface area contributed by atoms with Crippen LogP contribution in [0.3, 0.4) is 0 Å². The number of aliphatic hydroxyl groups excluding tert-OH is 1. The van der Waals surface area contributed by atoms with E-state index in [9.17, 15) is 5.11 Å². The van der Waals surface area contributed by atoms with Crippen molar-refractivity contribution < 1.29 is 9.84 Å². The van der Waals surface area contributed by atoms with E-state index in [0.717, 1.165) is 18.8 Å². The van der Waals surface area contributed by atoms with Crippen LogP contribution >= 0.6 is 0 Å². The van der Waals surface area contributed by atoms with Crippen molar-refractivity contribution in [3.63, 3.8) is 0 Å². The molecule has 0 aromatic carbocycles. The summed E-state index contributed by atoms with van der Waals surface area (Å²) >= 11 is 0. The van der Waals surface area contributed by atoms with Gasteiger partial charge in [0, 0.05) is 7.11 Å². The summed E-state index contributed by atoms with van der Waals surface area (Å²) in [6, 6.07) is 0. The quantitative estimate of drug-likeness (QED) is 0.790. The molecule has 0 aromatic rings. The zero-order valence-electron chi connectivity index (χ0n) is 14.2. The Bertz CT molecular complexity index is 522. The molecule has 4 aliphatic rings. The molecule has 22 heavy (non-hydrogen) atoms. The lowest BCUT2D eigenvalue weighted by atomic mass is 9.49. The van der Waals surface area contributed by atoms with Gasteiger partial charge < -0.3 is 9.84 Å². The molecule has 4 rings (SSSR count). The fraction of sp³-hybridized carbons (Fsp3) is 0.800. The van der Waals surface area contributed by atoms with Gasteiger partial charge in [-0.2, -0.15) is 0 Å². The number of fused-ring (bicyclic) bond motifs is 5. The third-order valence-electron chi connectivity index (χ3n) is 7.87. The third kappa shape index (κ3) is 1.86. The van der Waals surface area contributed by atoms with Crippen LogP contribution in [0.4, 0.5) is 0 Å². The van der Waals surface area contributed by atoms with Crippen LogP contribution in [-0.4, -0.2) is 24.4 Å². The smallest absolute Gasteiger partial charge is 0.0758 e. The Hall–Kier alpha value is -0.600. The largest absolute Gasteiger partial charge is 0.393 e. The molecule has 2 heteroatoms. The van der Waals surface area contributed by atoms with Gasteiger partial charge in [-0.25, -0.2) is 0 Å². The van der Waals surface area contributed by atoms with Gasteiger partial charge in [-0.1, -0.05) is 32.1 Å². The summed E-state index contributed by atoms with van der Waals surface area (Å²) in [6.07, 6.45) is 14.5. The van der Waals surface area contributed by atoms with E-state index in [0.29, 0.717) is 23.4 Å². The van der Waals surface area contributed by atoms with Gasteiger partial charge in [-0.3, -0.25) is 0 Å². The number of allylic oxidation sites excluding steroid dienone is 3. The lowest BCUT2D eigenvalue weighted by molar-refractivity contribution is -0.0504. The lowest BCUT2D eigenvalue weighted by Gasteiger charge is -2.56.